The number of carbonyl (C=O) groups is 1. The van der Waals surface area contributed by atoms with E-state index in [-0.39, 0.29) is 11.9 Å². The van der Waals surface area contributed by atoms with Crippen LogP contribution in [0.5, 0.6) is 0 Å². The molecule has 0 fully saturated rings. The summed E-state index contributed by atoms with van der Waals surface area (Å²) < 4.78 is 4.71. The highest BCUT2D eigenvalue weighted by Crippen LogP contribution is 2.02. The number of nitrogens with two attached hydrogens (primary N) is 1. The lowest BCUT2D eigenvalue weighted by molar-refractivity contribution is -0.145. The molecule has 0 saturated heterocycles. The van der Waals surface area contributed by atoms with Gasteiger partial charge >= 0.3 is 5.97 Å². The Bertz CT molecular complexity index is 145. The van der Waals surface area contributed by atoms with Crippen LogP contribution in [-0.2, 0) is 9.53 Å². The lowest BCUT2D eigenvalue weighted by Gasteiger charge is -2.13. The molecule has 0 heterocycles. The Kier molecular flexibility index (Phi) is 4.54. The van der Waals surface area contributed by atoms with Gasteiger partial charge in [-0.05, 0) is 12.8 Å². The van der Waals surface area contributed by atoms with E-state index in [1.807, 2.05) is 6.92 Å². The van der Waals surface area contributed by atoms with Crippen LogP contribution in [0, 0.1) is 5.92 Å². The Morgan fingerprint density at radius 2 is 2.36 bits per heavy atom. The lowest BCUT2D eigenvalue weighted by Crippen LogP contribution is -2.37. The number of carbonyl (C=O) groups excluding carboxylic acids is 1. The van der Waals surface area contributed by atoms with Crippen molar-refractivity contribution in [1.29, 1.82) is 0 Å². The van der Waals surface area contributed by atoms with E-state index in [9.17, 15) is 4.79 Å². The molecule has 3 heteroatoms. The van der Waals surface area contributed by atoms with E-state index in [4.69, 9.17) is 10.5 Å². The Hall–Kier alpha value is -0.830. The summed E-state index contributed by atoms with van der Waals surface area (Å²) in [5.41, 5.74) is 5.51. The van der Waals surface area contributed by atoms with Crippen LogP contribution in [0.2, 0.25) is 0 Å². The number of rotatable bonds is 4. The maximum absolute atomic E-state index is 10.9. The zero-order chi connectivity index (χ0) is 8.85. The molecule has 0 spiro atoms. The fourth-order valence-corrected chi connectivity index (χ4v) is 0.600. The van der Waals surface area contributed by atoms with Crippen LogP contribution >= 0.6 is 0 Å². The first-order valence-corrected chi connectivity index (χ1v) is 3.68. The maximum atomic E-state index is 10.9. The number of hydrogen-bond donors (Lipinski definition) is 1. The molecular formula is C8H15NO2. The SMILES string of the molecule is C=CC(C)C(N)C(=O)OCC. The van der Waals surface area contributed by atoms with Crippen LogP contribution in [-0.4, -0.2) is 18.6 Å². The Morgan fingerprint density at radius 3 is 2.73 bits per heavy atom. The molecule has 0 aromatic carbocycles. The van der Waals surface area contributed by atoms with Crippen LogP contribution in [0.25, 0.3) is 0 Å². The van der Waals surface area contributed by atoms with Crippen molar-refractivity contribution in [2.24, 2.45) is 11.7 Å². The van der Waals surface area contributed by atoms with Gasteiger partial charge in [-0.2, -0.15) is 0 Å². The highest BCUT2D eigenvalue weighted by Gasteiger charge is 2.18. The van der Waals surface area contributed by atoms with Gasteiger partial charge in [-0.15, -0.1) is 6.58 Å². The molecule has 0 aliphatic rings. The van der Waals surface area contributed by atoms with Crippen molar-refractivity contribution in [2.45, 2.75) is 19.9 Å². The molecule has 0 amide bonds. The molecule has 0 bridgehead atoms. The van der Waals surface area contributed by atoms with Gasteiger partial charge in [-0.1, -0.05) is 13.0 Å². The fourth-order valence-electron chi connectivity index (χ4n) is 0.600. The van der Waals surface area contributed by atoms with Crippen LogP contribution in [0.15, 0.2) is 12.7 Å². The third kappa shape index (κ3) is 3.18. The summed E-state index contributed by atoms with van der Waals surface area (Å²) in [7, 11) is 0. The third-order valence-electron chi connectivity index (χ3n) is 1.50. The van der Waals surface area contributed by atoms with E-state index in [1.165, 1.54) is 0 Å². The topological polar surface area (TPSA) is 52.3 Å². The molecule has 0 aliphatic carbocycles. The molecule has 0 aromatic heterocycles. The van der Waals surface area contributed by atoms with Crippen molar-refractivity contribution in [1.82, 2.24) is 0 Å². The molecule has 2 atom stereocenters. The average molecular weight is 157 g/mol. The van der Waals surface area contributed by atoms with Crippen LogP contribution < -0.4 is 5.73 Å². The summed E-state index contributed by atoms with van der Waals surface area (Å²) in [6, 6.07) is -0.576. The second kappa shape index (κ2) is 4.91. The van der Waals surface area contributed by atoms with Gasteiger partial charge in [0.15, 0.2) is 0 Å². The van der Waals surface area contributed by atoms with E-state index < -0.39 is 6.04 Å². The second-order valence-electron chi connectivity index (χ2n) is 2.37. The first-order chi connectivity index (χ1) is 5.13. The monoisotopic (exact) mass is 157 g/mol. The van der Waals surface area contributed by atoms with Gasteiger partial charge in [0.05, 0.1) is 6.61 Å². The number of hydrogen-bond acceptors (Lipinski definition) is 3. The van der Waals surface area contributed by atoms with Crippen LogP contribution in [0.1, 0.15) is 13.8 Å². The van der Waals surface area contributed by atoms with Crippen molar-refractivity contribution in [2.75, 3.05) is 6.61 Å². The molecule has 3 nitrogen and oxygen atoms in total. The van der Waals surface area contributed by atoms with E-state index >= 15 is 0 Å². The zero-order valence-corrected chi connectivity index (χ0v) is 7.04. The number of ether oxygens (including phenoxy) is 1. The fraction of sp³-hybridized carbons (Fsp3) is 0.625. The van der Waals surface area contributed by atoms with Gasteiger partial charge < -0.3 is 10.5 Å². The molecule has 0 aromatic rings. The highest BCUT2D eigenvalue weighted by molar-refractivity contribution is 5.76. The largest absolute Gasteiger partial charge is 0.465 e. The predicted octanol–water partition coefficient (Wildman–Crippen LogP) is 0.699. The zero-order valence-electron chi connectivity index (χ0n) is 7.04. The minimum atomic E-state index is -0.576. The predicted molar refractivity (Wildman–Crippen MR) is 44.0 cm³/mol. The molecule has 2 unspecified atom stereocenters. The lowest BCUT2D eigenvalue weighted by atomic mass is 10.0. The Labute approximate surface area is 67.2 Å². The van der Waals surface area contributed by atoms with Gasteiger partial charge in [0, 0.05) is 0 Å². The van der Waals surface area contributed by atoms with E-state index in [0.717, 1.165) is 0 Å². The molecule has 0 radical (unpaired) electrons. The quantitative estimate of drug-likeness (QED) is 0.482. The maximum Gasteiger partial charge on any atom is 0.323 e. The average Bonchev–Trinajstić information content (AvgIpc) is 2.02. The minimum Gasteiger partial charge on any atom is -0.465 e. The molecular weight excluding hydrogens is 142 g/mol. The summed E-state index contributed by atoms with van der Waals surface area (Å²) in [5, 5.41) is 0. The Morgan fingerprint density at radius 1 is 1.82 bits per heavy atom. The summed E-state index contributed by atoms with van der Waals surface area (Å²) in [6.45, 7) is 7.49. The van der Waals surface area contributed by atoms with Crippen molar-refractivity contribution in [3.8, 4) is 0 Å². The normalized spacial score (nSPS) is 15.2. The third-order valence-corrected chi connectivity index (χ3v) is 1.50. The van der Waals surface area contributed by atoms with E-state index in [0.29, 0.717) is 6.61 Å². The first kappa shape index (κ1) is 10.2. The molecule has 0 rings (SSSR count). The smallest absolute Gasteiger partial charge is 0.323 e. The highest BCUT2D eigenvalue weighted by atomic mass is 16.5. The molecule has 11 heavy (non-hydrogen) atoms. The van der Waals surface area contributed by atoms with Crippen molar-refractivity contribution >= 4 is 5.97 Å². The second-order valence-corrected chi connectivity index (χ2v) is 2.37. The molecule has 0 aliphatic heterocycles. The summed E-state index contributed by atoms with van der Waals surface area (Å²) in [6.07, 6.45) is 1.64. The van der Waals surface area contributed by atoms with Crippen LogP contribution in [0.3, 0.4) is 0 Å². The standard InChI is InChI=1S/C8H15NO2/c1-4-6(3)7(9)8(10)11-5-2/h4,6-7H,1,5,9H2,2-3H3. The molecule has 0 saturated carbocycles. The molecule has 64 valence electrons. The van der Waals surface area contributed by atoms with Gasteiger partial charge in [0.2, 0.25) is 0 Å². The van der Waals surface area contributed by atoms with Gasteiger partial charge in [0.1, 0.15) is 6.04 Å². The van der Waals surface area contributed by atoms with Crippen molar-refractivity contribution in [3.63, 3.8) is 0 Å². The first-order valence-electron chi connectivity index (χ1n) is 3.68. The van der Waals surface area contributed by atoms with Crippen molar-refractivity contribution in [3.05, 3.63) is 12.7 Å². The number of esters is 1. The van der Waals surface area contributed by atoms with Crippen molar-refractivity contribution < 1.29 is 9.53 Å². The molecule has 2 N–H and O–H groups in total. The van der Waals surface area contributed by atoms with Gasteiger partial charge in [-0.25, -0.2) is 0 Å². The summed E-state index contributed by atoms with van der Waals surface area (Å²) in [5.74, 6) is -0.394. The van der Waals surface area contributed by atoms with Crippen LogP contribution in [0.4, 0.5) is 0 Å². The Balaban J connectivity index is 3.90. The van der Waals surface area contributed by atoms with E-state index in [2.05, 4.69) is 6.58 Å². The summed E-state index contributed by atoms with van der Waals surface area (Å²) >= 11 is 0. The van der Waals surface area contributed by atoms with Gasteiger partial charge in [-0.3, -0.25) is 4.79 Å². The van der Waals surface area contributed by atoms with Gasteiger partial charge in [0.25, 0.3) is 0 Å². The van der Waals surface area contributed by atoms with E-state index in [1.54, 1.807) is 13.0 Å². The minimum absolute atomic E-state index is 0.0333. The summed E-state index contributed by atoms with van der Waals surface area (Å²) in [4.78, 5) is 10.9.